The van der Waals surface area contributed by atoms with Crippen LogP contribution in [-0.2, 0) is 14.4 Å². The van der Waals surface area contributed by atoms with E-state index < -0.39 is 17.9 Å². The number of thioether (sulfide) groups is 1. The van der Waals surface area contributed by atoms with Crippen LogP contribution in [0.5, 0.6) is 0 Å². The highest BCUT2D eigenvalue weighted by Gasteiger charge is 2.40. The third-order valence-electron chi connectivity index (χ3n) is 4.95. The molecule has 2 aliphatic rings. The second-order valence-electron chi connectivity index (χ2n) is 6.55. The van der Waals surface area contributed by atoms with Gasteiger partial charge in [0.1, 0.15) is 6.04 Å². The lowest BCUT2D eigenvalue weighted by molar-refractivity contribution is -0.144. The van der Waals surface area contributed by atoms with Gasteiger partial charge in [0.2, 0.25) is 17.7 Å². The molecule has 1 aromatic carbocycles. The molecule has 0 aliphatic carbocycles. The molecule has 2 heterocycles. The maximum Gasteiger partial charge on any atom is 0.240 e. The number of anilines is 1. The summed E-state index contributed by atoms with van der Waals surface area (Å²) in [6.45, 7) is 0.899. The third-order valence-corrected chi connectivity index (χ3v) is 5.68. The summed E-state index contributed by atoms with van der Waals surface area (Å²) in [5.41, 5.74) is 6.28. The Hall–Kier alpha value is -2.02. The zero-order valence-electron chi connectivity index (χ0n) is 14.3. The summed E-state index contributed by atoms with van der Waals surface area (Å²) in [6, 6.07) is 7.21. The number of benzene rings is 1. The molecule has 0 saturated carbocycles. The molecule has 0 spiro atoms. The van der Waals surface area contributed by atoms with Crippen LogP contribution >= 0.6 is 11.8 Å². The van der Waals surface area contributed by atoms with Gasteiger partial charge in [-0.15, -0.1) is 11.8 Å². The van der Waals surface area contributed by atoms with Gasteiger partial charge in [-0.1, -0.05) is 6.07 Å². The molecule has 0 bridgehead atoms. The number of likely N-dealkylation sites (tertiary alicyclic amines) is 1. The lowest BCUT2D eigenvalue weighted by Crippen LogP contribution is -2.52. The van der Waals surface area contributed by atoms with E-state index in [1.54, 1.807) is 21.6 Å². The summed E-state index contributed by atoms with van der Waals surface area (Å²) in [6.07, 6.45) is 4.55. The van der Waals surface area contributed by atoms with E-state index in [2.05, 4.69) is 0 Å². The summed E-state index contributed by atoms with van der Waals surface area (Å²) in [5, 5.41) is 0. The number of carbonyl (C=O) groups is 3. The van der Waals surface area contributed by atoms with Crippen LogP contribution in [0.3, 0.4) is 0 Å². The number of primary amides is 1. The van der Waals surface area contributed by atoms with Gasteiger partial charge in [0.25, 0.3) is 0 Å². The fourth-order valence-corrected chi connectivity index (χ4v) is 4.08. The minimum Gasteiger partial charge on any atom is -0.368 e. The van der Waals surface area contributed by atoms with Crippen LogP contribution in [0.4, 0.5) is 5.69 Å². The number of piperidine rings is 1. The molecule has 3 rings (SSSR count). The van der Waals surface area contributed by atoms with Crippen LogP contribution < -0.4 is 10.6 Å². The predicted molar refractivity (Wildman–Crippen MR) is 97.2 cm³/mol. The molecule has 2 fully saturated rings. The number of hydrogen-bond acceptors (Lipinski definition) is 4. The molecule has 3 amide bonds. The van der Waals surface area contributed by atoms with Gasteiger partial charge < -0.3 is 15.5 Å². The lowest BCUT2D eigenvalue weighted by atomic mass is 9.98. The van der Waals surface area contributed by atoms with E-state index in [0.29, 0.717) is 19.5 Å². The zero-order valence-corrected chi connectivity index (χ0v) is 15.1. The topological polar surface area (TPSA) is 83.7 Å². The first-order valence-corrected chi connectivity index (χ1v) is 9.78. The third kappa shape index (κ3) is 3.66. The fourth-order valence-electron chi connectivity index (χ4n) is 3.63. The fraction of sp³-hybridized carbons (Fsp3) is 0.500. The molecule has 0 unspecified atom stereocenters. The maximum absolute atomic E-state index is 12.9. The SMILES string of the molecule is CSc1cccc(N2C[C@@H](C(=O)N3CCCC[C@@H]3C(N)=O)CC2=O)c1. The Morgan fingerprint density at radius 3 is 2.80 bits per heavy atom. The minimum atomic E-state index is -0.537. The van der Waals surface area contributed by atoms with E-state index >= 15 is 0 Å². The van der Waals surface area contributed by atoms with Crippen molar-refractivity contribution >= 4 is 35.2 Å². The maximum atomic E-state index is 12.9. The van der Waals surface area contributed by atoms with Crippen molar-refractivity contribution in [2.45, 2.75) is 36.6 Å². The van der Waals surface area contributed by atoms with Crippen molar-refractivity contribution in [1.29, 1.82) is 0 Å². The molecule has 2 aliphatic heterocycles. The summed E-state index contributed by atoms with van der Waals surface area (Å²) in [5.74, 6) is -1.04. The van der Waals surface area contributed by atoms with Gasteiger partial charge in [-0.3, -0.25) is 14.4 Å². The summed E-state index contributed by atoms with van der Waals surface area (Å²) in [7, 11) is 0. The highest BCUT2D eigenvalue weighted by atomic mass is 32.2. The highest BCUT2D eigenvalue weighted by Crippen LogP contribution is 2.30. The summed E-state index contributed by atoms with van der Waals surface area (Å²) < 4.78 is 0. The number of carbonyl (C=O) groups excluding carboxylic acids is 3. The summed E-state index contributed by atoms with van der Waals surface area (Å²) >= 11 is 1.61. The van der Waals surface area contributed by atoms with E-state index in [-0.39, 0.29) is 18.2 Å². The van der Waals surface area contributed by atoms with Gasteiger partial charge in [-0.25, -0.2) is 0 Å². The largest absolute Gasteiger partial charge is 0.368 e. The van der Waals surface area contributed by atoms with E-state index in [4.69, 9.17) is 5.73 Å². The Morgan fingerprint density at radius 2 is 2.08 bits per heavy atom. The molecule has 0 aromatic heterocycles. The van der Waals surface area contributed by atoms with Gasteiger partial charge in [-0.05, 0) is 43.7 Å². The van der Waals surface area contributed by atoms with Crippen LogP contribution in [0, 0.1) is 5.92 Å². The van der Waals surface area contributed by atoms with Crippen LogP contribution in [0.1, 0.15) is 25.7 Å². The normalized spacial score (nSPS) is 23.8. The molecule has 2 atom stereocenters. The van der Waals surface area contributed by atoms with Crippen LogP contribution in [-0.4, -0.2) is 48.0 Å². The molecular formula is C18H23N3O3S. The molecule has 7 heteroatoms. The monoisotopic (exact) mass is 361 g/mol. The van der Waals surface area contributed by atoms with Crippen LogP contribution in [0.25, 0.3) is 0 Å². The molecule has 0 radical (unpaired) electrons. The second-order valence-corrected chi connectivity index (χ2v) is 7.43. The van der Waals surface area contributed by atoms with E-state index in [9.17, 15) is 14.4 Å². The standard InChI is InChI=1S/C18H23N3O3S/c1-25-14-6-4-5-13(10-14)21-11-12(9-16(21)22)18(24)20-8-3-2-7-15(20)17(19)23/h4-6,10,12,15H,2-3,7-9,11H2,1H3,(H2,19,23)/t12-,15+/m0/s1. The van der Waals surface area contributed by atoms with Crippen molar-refractivity contribution in [3.8, 4) is 0 Å². The molecular weight excluding hydrogens is 338 g/mol. The van der Waals surface area contributed by atoms with Gasteiger partial charge in [0.15, 0.2) is 0 Å². The smallest absolute Gasteiger partial charge is 0.240 e. The minimum absolute atomic E-state index is 0.0516. The molecule has 2 N–H and O–H groups in total. The molecule has 134 valence electrons. The van der Waals surface area contributed by atoms with Crippen LogP contribution in [0.15, 0.2) is 29.2 Å². The number of rotatable bonds is 4. The molecule has 2 saturated heterocycles. The Labute approximate surface area is 151 Å². The Balaban J connectivity index is 1.75. The van der Waals surface area contributed by atoms with E-state index in [1.807, 2.05) is 30.5 Å². The molecule has 25 heavy (non-hydrogen) atoms. The predicted octanol–water partition coefficient (Wildman–Crippen LogP) is 1.63. The van der Waals surface area contributed by atoms with Crippen molar-refractivity contribution in [3.05, 3.63) is 24.3 Å². The van der Waals surface area contributed by atoms with Crippen molar-refractivity contribution in [2.75, 3.05) is 24.2 Å². The van der Waals surface area contributed by atoms with Crippen molar-refractivity contribution in [1.82, 2.24) is 4.90 Å². The summed E-state index contributed by atoms with van der Waals surface area (Å²) in [4.78, 5) is 41.3. The van der Waals surface area contributed by atoms with Gasteiger partial charge in [0.05, 0.1) is 5.92 Å². The van der Waals surface area contributed by atoms with Crippen LogP contribution in [0.2, 0.25) is 0 Å². The number of nitrogens with two attached hydrogens (primary N) is 1. The highest BCUT2D eigenvalue weighted by molar-refractivity contribution is 7.98. The number of hydrogen-bond donors (Lipinski definition) is 1. The Bertz CT molecular complexity index is 694. The molecule has 1 aromatic rings. The number of amides is 3. The lowest BCUT2D eigenvalue weighted by Gasteiger charge is -2.35. The van der Waals surface area contributed by atoms with Crippen molar-refractivity contribution in [3.63, 3.8) is 0 Å². The average molecular weight is 361 g/mol. The first-order valence-electron chi connectivity index (χ1n) is 8.55. The number of nitrogens with zero attached hydrogens (tertiary/aromatic N) is 2. The van der Waals surface area contributed by atoms with Gasteiger partial charge in [-0.2, -0.15) is 0 Å². The van der Waals surface area contributed by atoms with E-state index in [1.165, 1.54) is 0 Å². The molecule has 6 nitrogen and oxygen atoms in total. The second kappa shape index (κ2) is 7.47. The Kier molecular flexibility index (Phi) is 5.32. The van der Waals surface area contributed by atoms with Gasteiger partial charge >= 0.3 is 0 Å². The van der Waals surface area contributed by atoms with Crippen molar-refractivity contribution < 1.29 is 14.4 Å². The quantitative estimate of drug-likeness (QED) is 0.826. The first-order chi connectivity index (χ1) is 12.0. The zero-order chi connectivity index (χ0) is 18.0. The van der Waals surface area contributed by atoms with Crippen molar-refractivity contribution in [2.24, 2.45) is 11.7 Å². The Morgan fingerprint density at radius 1 is 1.28 bits per heavy atom. The average Bonchev–Trinajstić information content (AvgIpc) is 3.02. The van der Waals surface area contributed by atoms with E-state index in [0.717, 1.165) is 23.4 Å². The van der Waals surface area contributed by atoms with Gasteiger partial charge in [0, 0.05) is 30.1 Å². The first kappa shape index (κ1) is 17.8.